The van der Waals surface area contributed by atoms with E-state index in [-0.39, 0.29) is 34.4 Å². The van der Waals surface area contributed by atoms with E-state index in [1.807, 2.05) is 13.8 Å². The second-order valence-electron chi connectivity index (χ2n) is 5.49. The minimum absolute atomic E-state index is 0.0557. The van der Waals surface area contributed by atoms with Gasteiger partial charge in [-0.25, -0.2) is 12.7 Å². The third-order valence-electron chi connectivity index (χ3n) is 3.18. The monoisotopic (exact) mass is 344 g/mol. The Kier molecular flexibility index (Phi) is 4.77. The maximum atomic E-state index is 12.1. The molecule has 1 aliphatic heterocycles. The second kappa shape index (κ2) is 6.26. The predicted octanol–water partition coefficient (Wildman–Crippen LogP) is 1.79. The largest absolute Gasteiger partial charge is 0.352 e. The summed E-state index contributed by atoms with van der Waals surface area (Å²) >= 11 is 6.01. The molecule has 1 saturated heterocycles. The first kappa shape index (κ1) is 16.8. The third kappa shape index (κ3) is 3.41. The summed E-state index contributed by atoms with van der Waals surface area (Å²) < 4.78 is 24.6. The van der Waals surface area contributed by atoms with Crippen LogP contribution in [-0.2, 0) is 14.8 Å². The van der Waals surface area contributed by atoms with Crippen LogP contribution in [0.5, 0.6) is 0 Å². The van der Waals surface area contributed by atoms with Gasteiger partial charge >= 0.3 is 0 Å². The third-order valence-corrected chi connectivity index (χ3v) is 5.20. The van der Waals surface area contributed by atoms with Crippen LogP contribution in [-0.4, -0.2) is 32.5 Å². The van der Waals surface area contributed by atoms with Crippen molar-refractivity contribution in [1.29, 1.82) is 0 Å². The number of carbonyl (C=O) groups excluding carboxylic acids is 2. The lowest BCUT2D eigenvalue weighted by Gasteiger charge is -2.16. The molecule has 0 radical (unpaired) electrons. The molecule has 1 aromatic rings. The summed E-state index contributed by atoms with van der Waals surface area (Å²) in [5.74, 6) is -0.851. The summed E-state index contributed by atoms with van der Waals surface area (Å²) in [7, 11) is -3.66. The van der Waals surface area contributed by atoms with Crippen molar-refractivity contribution in [3.63, 3.8) is 0 Å². The summed E-state index contributed by atoms with van der Waals surface area (Å²) in [5, 5.41) is 2.92. The van der Waals surface area contributed by atoms with Gasteiger partial charge in [-0.1, -0.05) is 25.4 Å². The topological polar surface area (TPSA) is 83.6 Å². The Labute approximate surface area is 134 Å². The molecule has 0 aliphatic carbocycles. The molecule has 1 aromatic carbocycles. The average Bonchev–Trinajstić information content (AvgIpc) is 2.71. The van der Waals surface area contributed by atoms with Crippen LogP contribution in [0.4, 0.5) is 5.69 Å². The summed E-state index contributed by atoms with van der Waals surface area (Å²) in [6, 6.07) is 4.17. The number of halogens is 1. The molecular weight excluding hydrogens is 328 g/mol. The Morgan fingerprint density at radius 2 is 2.09 bits per heavy atom. The highest BCUT2D eigenvalue weighted by Crippen LogP contribution is 2.29. The molecule has 2 rings (SSSR count). The lowest BCUT2D eigenvalue weighted by molar-refractivity contribution is -0.116. The molecule has 1 heterocycles. The zero-order valence-electron chi connectivity index (χ0n) is 12.3. The number of benzene rings is 1. The maximum Gasteiger partial charge on any atom is 0.252 e. The van der Waals surface area contributed by atoms with Crippen molar-refractivity contribution in [2.45, 2.75) is 20.3 Å². The maximum absolute atomic E-state index is 12.1. The van der Waals surface area contributed by atoms with Gasteiger partial charge < -0.3 is 5.32 Å². The summed E-state index contributed by atoms with van der Waals surface area (Å²) in [6.45, 7) is 4.38. The summed E-state index contributed by atoms with van der Waals surface area (Å²) in [6.07, 6.45) is -0.0557. The van der Waals surface area contributed by atoms with Gasteiger partial charge in [0, 0.05) is 13.0 Å². The standard InChI is InChI=1S/C14H17ClN2O4S/c1-9(2)8-16-14(19)11-7-10(3-4-12(11)15)17-13(18)5-6-22(17,20)21/h3-4,7,9H,5-6,8H2,1-2H3,(H,16,19). The molecule has 0 saturated carbocycles. The number of hydrogen-bond donors (Lipinski definition) is 1. The van der Waals surface area contributed by atoms with Gasteiger partial charge in [-0.15, -0.1) is 0 Å². The van der Waals surface area contributed by atoms with Crippen LogP contribution < -0.4 is 9.62 Å². The number of nitrogens with one attached hydrogen (secondary N) is 1. The van der Waals surface area contributed by atoms with E-state index in [1.165, 1.54) is 18.2 Å². The number of anilines is 1. The first-order valence-corrected chi connectivity index (χ1v) is 8.84. The predicted molar refractivity (Wildman–Crippen MR) is 84.5 cm³/mol. The number of rotatable bonds is 4. The zero-order chi connectivity index (χ0) is 16.5. The number of sulfonamides is 1. The van der Waals surface area contributed by atoms with E-state index in [0.717, 1.165) is 4.31 Å². The molecule has 0 aromatic heterocycles. The molecule has 1 N–H and O–H groups in total. The molecule has 22 heavy (non-hydrogen) atoms. The van der Waals surface area contributed by atoms with Gasteiger partial charge in [-0.3, -0.25) is 9.59 Å². The fourth-order valence-electron chi connectivity index (χ4n) is 2.07. The highest BCUT2D eigenvalue weighted by Gasteiger charge is 2.36. The minimum atomic E-state index is -3.66. The van der Waals surface area contributed by atoms with Gasteiger partial charge in [0.15, 0.2) is 0 Å². The van der Waals surface area contributed by atoms with Gasteiger partial charge in [0.05, 0.1) is 22.0 Å². The molecule has 0 unspecified atom stereocenters. The van der Waals surface area contributed by atoms with Crippen LogP contribution in [0.3, 0.4) is 0 Å². The Hall–Kier alpha value is -1.60. The van der Waals surface area contributed by atoms with E-state index >= 15 is 0 Å². The Morgan fingerprint density at radius 1 is 1.41 bits per heavy atom. The second-order valence-corrected chi connectivity index (χ2v) is 7.84. The first-order valence-electron chi connectivity index (χ1n) is 6.86. The van der Waals surface area contributed by atoms with Crippen LogP contribution in [0.25, 0.3) is 0 Å². The zero-order valence-corrected chi connectivity index (χ0v) is 13.9. The molecule has 1 fully saturated rings. The molecule has 1 aliphatic rings. The van der Waals surface area contributed by atoms with E-state index in [2.05, 4.69) is 5.32 Å². The number of hydrogen-bond acceptors (Lipinski definition) is 4. The molecule has 0 spiro atoms. The van der Waals surface area contributed by atoms with Crippen molar-refractivity contribution in [3.05, 3.63) is 28.8 Å². The van der Waals surface area contributed by atoms with E-state index in [9.17, 15) is 18.0 Å². The molecule has 0 atom stereocenters. The lowest BCUT2D eigenvalue weighted by atomic mass is 10.1. The fourth-order valence-corrected chi connectivity index (χ4v) is 3.73. The number of nitrogens with zero attached hydrogens (tertiary/aromatic N) is 1. The highest BCUT2D eigenvalue weighted by atomic mass is 35.5. The van der Waals surface area contributed by atoms with Crippen molar-refractivity contribution in [3.8, 4) is 0 Å². The van der Waals surface area contributed by atoms with Crippen LogP contribution >= 0.6 is 11.6 Å². The summed E-state index contributed by atoms with van der Waals surface area (Å²) in [4.78, 5) is 23.9. The molecule has 8 heteroatoms. The van der Waals surface area contributed by atoms with Crippen molar-refractivity contribution in [2.75, 3.05) is 16.6 Å². The van der Waals surface area contributed by atoms with E-state index < -0.39 is 21.8 Å². The van der Waals surface area contributed by atoms with Crippen molar-refractivity contribution in [2.24, 2.45) is 5.92 Å². The molecule has 2 amide bonds. The quantitative estimate of drug-likeness (QED) is 0.902. The Morgan fingerprint density at radius 3 is 2.64 bits per heavy atom. The highest BCUT2D eigenvalue weighted by molar-refractivity contribution is 7.94. The molecular formula is C14H17ClN2O4S. The smallest absolute Gasteiger partial charge is 0.252 e. The molecule has 120 valence electrons. The van der Waals surface area contributed by atoms with Gasteiger partial charge in [-0.05, 0) is 24.1 Å². The fraction of sp³-hybridized carbons (Fsp3) is 0.429. The van der Waals surface area contributed by atoms with Gasteiger partial charge in [0.1, 0.15) is 0 Å². The van der Waals surface area contributed by atoms with Crippen LogP contribution in [0.15, 0.2) is 18.2 Å². The number of carbonyl (C=O) groups is 2. The van der Waals surface area contributed by atoms with Gasteiger partial charge in [0.25, 0.3) is 5.91 Å². The van der Waals surface area contributed by atoms with Crippen molar-refractivity contribution < 1.29 is 18.0 Å². The Balaban J connectivity index is 2.35. The SMILES string of the molecule is CC(C)CNC(=O)c1cc(N2C(=O)CCS2(=O)=O)ccc1Cl. The van der Waals surface area contributed by atoms with Crippen LogP contribution in [0.2, 0.25) is 5.02 Å². The average molecular weight is 345 g/mol. The Bertz CT molecular complexity index is 716. The molecule has 0 bridgehead atoms. The summed E-state index contributed by atoms with van der Waals surface area (Å²) in [5.41, 5.74) is 0.288. The van der Waals surface area contributed by atoms with Crippen LogP contribution in [0.1, 0.15) is 30.6 Å². The van der Waals surface area contributed by atoms with Crippen molar-refractivity contribution in [1.82, 2.24) is 5.32 Å². The molecule has 6 nitrogen and oxygen atoms in total. The number of amides is 2. The van der Waals surface area contributed by atoms with Crippen LogP contribution in [0, 0.1) is 5.92 Å². The van der Waals surface area contributed by atoms with Crippen molar-refractivity contribution >= 4 is 39.1 Å². The van der Waals surface area contributed by atoms with E-state index in [0.29, 0.717) is 6.54 Å². The van der Waals surface area contributed by atoms with E-state index in [4.69, 9.17) is 11.6 Å². The van der Waals surface area contributed by atoms with Gasteiger partial charge in [0.2, 0.25) is 15.9 Å². The van der Waals surface area contributed by atoms with E-state index in [1.54, 1.807) is 0 Å². The van der Waals surface area contributed by atoms with Gasteiger partial charge in [-0.2, -0.15) is 0 Å². The first-order chi connectivity index (χ1) is 10.2. The lowest BCUT2D eigenvalue weighted by Crippen LogP contribution is -2.30. The normalized spacial score (nSPS) is 17.1. The minimum Gasteiger partial charge on any atom is -0.352 e.